The molecule has 9 heteroatoms. The van der Waals surface area contributed by atoms with Gasteiger partial charge in [0.1, 0.15) is 0 Å². The number of nitrogens with zero attached hydrogens (tertiary/aromatic N) is 3. The molecule has 162 valence electrons. The van der Waals surface area contributed by atoms with E-state index in [1.165, 1.54) is 6.42 Å². The number of carbonyl (C=O) groups is 2. The summed E-state index contributed by atoms with van der Waals surface area (Å²) in [4.78, 5) is 31.4. The molecule has 2 aromatic rings. The molecule has 0 spiro atoms. The molecule has 1 aromatic carbocycles. The molecule has 2 heterocycles. The van der Waals surface area contributed by atoms with E-state index < -0.39 is 5.82 Å². The number of amides is 1. The maximum Gasteiger partial charge on any atom is 0.290 e. The SMILES string of the molecule is CCN1CCCC(CNC(=O)c2ccc(-c3ncc(F)c(NC)n3)cc2)C1.O=CO. The van der Waals surface area contributed by atoms with Crippen LogP contribution in [-0.2, 0) is 4.79 Å². The third-order valence-electron chi connectivity index (χ3n) is 4.99. The molecule has 3 N–H and O–H groups in total. The van der Waals surface area contributed by atoms with Crippen LogP contribution < -0.4 is 10.6 Å². The Bertz CT molecular complexity index is 832. The zero-order chi connectivity index (χ0) is 21.9. The van der Waals surface area contributed by atoms with Gasteiger partial charge in [0.05, 0.1) is 6.20 Å². The normalized spacial score (nSPS) is 16.2. The van der Waals surface area contributed by atoms with Crippen molar-refractivity contribution in [2.45, 2.75) is 19.8 Å². The van der Waals surface area contributed by atoms with Gasteiger partial charge in [0, 0.05) is 31.3 Å². The second-order valence-electron chi connectivity index (χ2n) is 6.93. The van der Waals surface area contributed by atoms with Gasteiger partial charge >= 0.3 is 0 Å². The molecule has 1 aliphatic heterocycles. The number of anilines is 1. The summed E-state index contributed by atoms with van der Waals surface area (Å²) < 4.78 is 13.5. The van der Waals surface area contributed by atoms with E-state index in [0.29, 0.717) is 23.9 Å². The van der Waals surface area contributed by atoms with Gasteiger partial charge in [-0.25, -0.2) is 14.4 Å². The average Bonchev–Trinajstić information content (AvgIpc) is 2.78. The molecule has 1 amide bonds. The van der Waals surface area contributed by atoms with Crippen LogP contribution in [-0.4, -0.2) is 65.6 Å². The summed E-state index contributed by atoms with van der Waals surface area (Å²) in [5.41, 5.74) is 1.33. The fourth-order valence-electron chi connectivity index (χ4n) is 3.40. The van der Waals surface area contributed by atoms with E-state index in [-0.39, 0.29) is 18.2 Å². The van der Waals surface area contributed by atoms with E-state index >= 15 is 0 Å². The standard InChI is InChI=1S/C20H26FN5O.CH2O2/c1-3-26-10-4-5-14(13-26)11-24-20(27)16-8-6-15(7-9-16)18-23-12-17(21)19(22-2)25-18;2-1-3/h6-9,12,14H,3-5,10-11,13H2,1-2H3,(H,24,27)(H,22,23,25);1H,(H,2,3). The van der Waals surface area contributed by atoms with Gasteiger partial charge in [-0.3, -0.25) is 9.59 Å². The molecule has 1 fully saturated rings. The fourth-order valence-corrected chi connectivity index (χ4v) is 3.40. The number of hydrogen-bond donors (Lipinski definition) is 3. The van der Waals surface area contributed by atoms with Crippen molar-refractivity contribution < 1.29 is 19.1 Å². The summed E-state index contributed by atoms with van der Waals surface area (Å²) in [5, 5.41) is 12.6. The Morgan fingerprint density at radius 3 is 2.70 bits per heavy atom. The quantitative estimate of drug-likeness (QED) is 0.620. The molecule has 0 aliphatic carbocycles. The zero-order valence-electron chi connectivity index (χ0n) is 17.3. The van der Waals surface area contributed by atoms with Crippen molar-refractivity contribution >= 4 is 18.2 Å². The molecule has 0 radical (unpaired) electrons. The number of rotatable bonds is 6. The van der Waals surface area contributed by atoms with Crippen molar-refractivity contribution in [3.63, 3.8) is 0 Å². The van der Waals surface area contributed by atoms with Crippen LogP contribution in [0.1, 0.15) is 30.1 Å². The lowest BCUT2D eigenvalue weighted by Gasteiger charge is -2.31. The van der Waals surface area contributed by atoms with Crippen LogP contribution in [0.4, 0.5) is 10.2 Å². The van der Waals surface area contributed by atoms with Crippen LogP contribution in [0.5, 0.6) is 0 Å². The van der Waals surface area contributed by atoms with Gasteiger partial charge in [-0.2, -0.15) is 0 Å². The molecular formula is C21H28FN5O3. The molecule has 1 saturated heterocycles. The number of carbonyl (C=O) groups excluding carboxylic acids is 1. The number of likely N-dealkylation sites (tertiary alicyclic amines) is 1. The Balaban J connectivity index is 0.00000101. The van der Waals surface area contributed by atoms with Gasteiger partial charge in [-0.15, -0.1) is 0 Å². The Kier molecular flexibility index (Phi) is 9.14. The van der Waals surface area contributed by atoms with Gasteiger partial charge in [0.25, 0.3) is 12.4 Å². The predicted molar refractivity (Wildman–Crippen MR) is 113 cm³/mol. The fraction of sp³-hybridized carbons (Fsp3) is 0.429. The molecule has 0 bridgehead atoms. The van der Waals surface area contributed by atoms with Gasteiger partial charge in [0.2, 0.25) is 0 Å². The minimum absolute atomic E-state index is 0.0777. The zero-order valence-corrected chi connectivity index (χ0v) is 17.3. The Morgan fingerprint density at radius 1 is 1.37 bits per heavy atom. The number of nitrogens with one attached hydrogen (secondary N) is 2. The number of halogens is 1. The van der Waals surface area contributed by atoms with E-state index in [2.05, 4.69) is 32.4 Å². The van der Waals surface area contributed by atoms with Crippen LogP contribution in [0.2, 0.25) is 0 Å². The Labute approximate surface area is 175 Å². The number of hydrogen-bond acceptors (Lipinski definition) is 6. The van der Waals surface area contributed by atoms with Crippen molar-refractivity contribution in [2.75, 3.05) is 38.5 Å². The smallest absolute Gasteiger partial charge is 0.290 e. The molecule has 30 heavy (non-hydrogen) atoms. The highest BCUT2D eigenvalue weighted by atomic mass is 19.1. The van der Waals surface area contributed by atoms with E-state index in [4.69, 9.17) is 9.90 Å². The van der Waals surface area contributed by atoms with Crippen LogP contribution >= 0.6 is 0 Å². The monoisotopic (exact) mass is 417 g/mol. The van der Waals surface area contributed by atoms with E-state index in [9.17, 15) is 9.18 Å². The van der Waals surface area contributed by atoms with Crippen molar-refractivity contribution in [1.82, 2.24) is 20.2 Å². The molecule has 1 aliphatic rings. The summed E-state index contributed by atoms with van der Waals surface area (Å²) >= 11 is 0. The maximum absolute atomic E-state index is 13.5. The topological polar surface area (TPSA) is 107 Å². The lowest BCUT2D eigenvalue weighted by atomic mass is 9.98. The number of piperidine rings is 1. The second kappa shape index (κ2) is 11.8. The second-order valence-corrected chi connectivity index (χ2v) is 6.93. The molecule has 3 rings (SSSR count). The third kappa shape index (κ3) is 6.48. The lowest BCUT2D eigenvalue weighted by Crippen LogP contribution is -2.40. The summed E-state index contributed by atoms with van der Waals surface area (Å²) in [6.07, 6.45) is 3.49. The summed E-state index contributed by atoms with van der Waals surface area (Å²) in [5.74, 6) is 0.493. The molecular weight excluding hydrogens is 389 g/mol. The average molecular weight is 417 g/mol. The molecule has 0 saturated carbocycles. The first-order chi connectivity index (χ1) is 14.5. The van der Waals surface area contributed by atoms with Crippen molar-refractivity contribution in [3.05, 3.63) is 41.8 Å². The largest absolute Gasteiger partial charge is 0.483 e. The Hall–Kier alpha value is -3.07. The Morgan fingerprint density at radius 2 is 2.07 bits per heavy atom. The molecule has 1 unspecified atom stereocenters. The van der Waals surface area contributed by atoms with Crippen LogP contribution in [0.25, 0.3) is 11.4 Å². The van der Waals surface area contributed by atoms with E-state index in [1.807, 2.05) is 0 Å². The molecule has 1 atom stereocenters. The highest BCUT2D eigenvalue weighted by Gasteiger charge is 2.19. The first kappa shape index (κ1) is 23.2. The number of benzene rings is 1. The van der Waals surface area contributed by atoms with Crippen LogP contribution in [0, 0.1) is 11.7 Å². The third-order valence-corrected chi connectivity index (χ3v) is 4.99. The number of carboxylic acid groups (broad SMARTS) is 1. The summed E-state index contributed by atoms with van der Waals surface area (Å²) in [7, 11) is 1.61. The van der Waals surface area contributed by atoms with Gasteiger partial charge in [0.15, 0.2) is 17.5 Å². The van der Waals surface area contributed by atoms with E-state index in [0.717, 1.165) is 37.8 Å². The van der Waals surface area contributed by atoms with Gasteiger partial charge < -0.3 is 20.6 Å². The summed E-state index contributed by atoms with van der Waals surface area (Å²) in [6, 6.07) is 7.05. The minimum Gasteiger partial charge on any atom is -0.483 e. The first-order valence-corrected chi connectivity index (χ1v) is 9.91. The van der Waals surface area contributed by atoms with Crippen LogP contribution in [0.3, 0.4) is 0 Å². The first-order valence-electron chi connectivity index (χ1n) is 9.91. The number of aromatic nitrogens is 2. The van der Waals surface area contributed by atoms with Gasteiger partial charge in [-0.05, 0) is 44.0 Å². The highest BCUT2D eigenvalue weighted by molar-refractivity contribution is 5.94. The molecule has 1 aromatic heterocycles. The van der Waals surface area contributed by atoms with Gasteiger partial charge in [-0.1, -0.05) is 19.1 Å². The minimum atomic E-state index is -0.499. The maximum atomic E-state index is 13.5. The highest BCUT2D eigenvalue weighted by Crippen LogP contribution is 2.19. The van der Waals surface area contributed by atoms with Crippen LogP contribution in [0.15, 0.2) is 30.5 Å². The summed E-state index contributed by atoms with van der Waals surface area (Å²) in [6.45, 7) is 5.89. The lowest BCUT2D eigenvalue weighted by molar-refractivity contribution is -0.122. The van der Waals surface area contributed by atoms with Crippen molar-refractivity contribution in [3.8, 4) is 11.4 Å². The predicted octanol–water partition coefficient (Wildman–Crippen LogP) is 2.49. The van der Waals surface area contributed by atoms with E-state index in [1.54, 1.807) is 31.3 Å². The van der Waals surface area contributed by atoms with Crippen molar-refractivity contribution in [1.29, 1.82) is 0 Å². The van der Waals surface area contributed by atoms with Crippen molar-refractivity contribution in [2.24, 2.45) is 5.92 Å². The molecule has 8 nitrogen and oxygen atoms in total.